The Morgan fingerprint density at radius 1 is 0.742 bits per heavy atom. The lowest BCUT2D eigenvalue weighted by molar-refractivity contribution is -0.119. The lowest BCUT2D eigenvalue weighted by atomic mass is 10.1. The van der Waals surface area contributed by atoms with E-state index in [4.69, 9.17) is 9.47 Å². The lowest BCUT2D eigenvalue weighted by Crippen LogP contribution is -2.20. The molecule has 0 aromatic rings. The van der Waals surface area contributed by atoms with Gasteiger partial charge < -0.3 is 9.47 Å². The number of rotatable bonds is 19. The summed E-state index contributed by atoms with van der Waals surface area (Å²) in [5.74, 6) is 0.286. The predicted molar refractivity (Wildman–Crippen MR) is 131 cm³/mol. The van der Waals surface area contributed by atoms with Crippen LogP contribution in [0.1, 0.15) is 96.8 Å². The Morgan fingerprint density at radius 2 is 1.26 bits per heavy atom. The van der Waals surface area contributed by atoms with Gasteiger partial charge in [0.2, 0.25) is 23.1 Å². The molecule has 4 nitrogen and oxygen atoms in total. The van der Waals surface area contributed by atoms with Crippen LogP contribution in [-0.4, -0.2) is 31.5 Å². The Labute approximate surface area is 193 Å². The fraction of sp³-hybridized carbons (Fsp3) is 0.692. The number of Topliss-reactive ketones (excluding diaryl/α,β-unsaturated/α-hetero) is 1. The van der Waals surface area contributed by atoms with E-state index >= 15 is 0 Å². The fourth-order valence-electron chi connectivity index (χ4n) is 3.59. The molecule has 0 fully saturated rings. The molecule has 176 valence electrons. The zero-order valence-corrected chi connectivity index (χ0v) is 20.7. The summed E-state index contributed by atoms with van der Waals surface area (Å²) in [4.78, 5) is 24.8. The quantitative estimate of drug-likeness (QED) is 0.117. The average Bonchev–Trinajstić information content (AvgIpc) is 2.77. The lowest BCUT2D eigenvalue weighted by Gasteiger charge is -2.16. The standard InChI is InChI=1S/C26H42O4S/c1-4-5-6-7-8-9-10-11-12-13-14-15-16-17-18-19-20-31-23-21-22(27)25(29-2)26(30-3)24(23)28/h11-12,21H,4-10,13-20H2,1-3H3/b12-11+. The summed E-state index contributed by atoms with van der Waals surface area (Å²) in [7, 11) is 2.76. The van der Waals surface area contributed by atoms with Crippen molar-refractivity contribution in [1.82, 2.24) is 0 Å². The van der Waals surface area contributed by atoms with Crippen LogP contribution >= 0.6 is 11.8 Å². The van der Waals surface area contributed by atoms with Gasteiger partial charge in [0, 0.05) is 6.08 Å². The second kappa shape index (κ2) is 18.1. The van der Waals surface area contributed by atoms with Crippen LogP contribution < -0.4 is 0 Å². The minimum absolute atomic E-state index is 0.00546. The molecule has 0 saturated carbocycles. The molecular formula is C26H42O4S. The third kappa shape index (κ3) is 11.6. The van der Waals surface area contributed by atoms with E-state index in [0.717, 1.165) is 18.6 Å². The summed E-state index contributed by atoms with van der Waals surface area (Å²) in [5, 5.41) is 0. The van der Waals surface area contributed by atoms with Crippen LogP contribution in [0, 0.1) is 0 Å². The minimum atomic E-state index is -0.303. The maximum atomic E-state index is 12.4. The fourth-order valence-corrected chi connectivity index (χ4v) is 4.58. The Hall–Kier alpha value is -1.49. The number of allylic oxidation sites excluding steroid dienone is 4. The van der Waals surface area contributed by atoms with Crippen LogP contribution in [0.5, 0.6) is 0 Å². The third-order valence-electron chi connectivity index (χ3n) is 5.44. The van der Waals surface area contributed by atoms with Crippen molar-refractivity contribution in [2.24, 2.45) is 0 Å². The molecule has 0 aromatic heterocycles. The van der Waals surface area contributed by atoms with E-state index in [-0.39, 0.29) is 23.1 Å². The zero-order chi connectivity index (χ0) is 22.7. The zero-order valence-electron chi connectivity index (χ0n) is 19.9. The van der Waals surface area contributed by atoms with Crippen LogP contribution in [-0.2, 0) is 19.1 Å². The Bertz CT molecular complexity index is 619. The molecule has 0 amide bonds. The van der Waals surface area contributed by atoms with Crippen LogP contribution in [0.2, 0.25) is 0 Å². The first-order valence-electron chi connectivity index (χ1n) is 12.1. The molecule has 0 atom stereocenters. The van der Waals surface area contributed by atoms with Gasteiger partial charge in [0.25, 0.3) is 0 Å². The summed E-state index contributed by atoms with van der Waals surface area (Å²) >= 11 is 1.44. The topological polar surface area (TPSA) is 52.6 Å². The van der Waals surface area contributed by atoms with Crippen LogP contribution in [0.25, 0.3) is 0 Å². The highest BCUT2D eigenvalue weighted by Crippen LogP contribution is 2.28. The SMILES string of the molecule is CCCCCCCC/C=C/CCCCCCCCSC1=CC(=O)C(OC)=C(OC)C1=O. The molecule has 0 saturated heterocycles. The van der Waals surface area contributed by atoms with Crippen molar-refractivity contribution in [3.8, 4) is 0 Å². The normalized spacial score (nSPS) is 14.5. The van der Waals surface area contributed by atoms with E-state index in [1.807, 2.05) is 0 Å². The van der Waals surface area contributed by atoms with Gasteiger partial charge in [-0.3, -0.25) is 9.59 Å². The number of hydrogen-bond acceptors (Lipinski definition) is 5. The largest absolute Gasteiger partial charge is 0.490 e. The van der Waals surface area contributed by atoms with Crippen molar-refractivity contribution in [3.63, 3.8) is 0 Å². The molecule has 1 aliphatic carbocycles. The van der Waals surface area contributed by atoms with Gasteiger partial charge in [-0.15, -0.1) is 11.8 Å². The average molecular weight is 451 g/mol. The minimum Gasteiger partial charge on any atom is -0.490 e. The van der Waals surface area contributed by atoms with E-state index in [0.29, 0.717) is 4.91 Å². The van der Waals surface area contributed by atoms with Gasteiger partial charge in [0.15, 0.2) is 0 Å². The number of methoxy groups -OCH3 is 2. The first-order chi connectivity index (χ1) is 15.2. The summed E-state index contributed by atoms with van der Waals surface area (Å²) in [6.45, 7) is 2.26. The van der Waals surface area contributed by atoms with E-state index < -0.39 is 0 Å². The summed E-state index contributed by atoms with van der Waals surface area (Å²) in [5.41, 5.74) is 0. The smallest absolute Gasteiger partial charge is 0.238 e. The summed E-state index contributed by atoms with van der Waals surface area (Å²) in [6, 6.07) is 0. The van der Waals surface area contributed by atoms with Crippen molar-refractivity contribution in [2.75, 3.05) is 20.0 Å². The summed E-state index contributed by atoms with van der Waals surface area (Å²) in [6.07, 6.45) is 24.0. The number of ketones is 2. The van der Waals surface area contributed by atoms with Gasteiger partial charge in [0.1, 0.15) is 0 Å². The van der Waals surface area contributed by atoms with Crippen molar-refractivity contribution < 1.29 is 19.1 Å². The molecule has 31 heavy (non-hydrogen) atoms. The van der Waals surface area contributed by atoms with Gasteiger partial charge in [0.05, 0.1) is 19.1 Å². The van der Waals surface area contributed by atoms with Crippen molar-refractivity contribution in [2.45, 2.75) is 96.8 Å². The van der Waals surface area contributed by atoms with Crippen LogP contribution in [0.3, 0.4) is 0 Å². The van der Waals surface area contributed by atoms with Gasteiger partial charge in [-0.05, 0) is 37.9 Å². The highest BCUT2D eigenvalue weighted by Gasteiger charge is 2.30. The molecular weight excluding hydrogens is 408 g/mol. The molecule has 0 aromatic carbocycles. The van der Waals surface area contributed by atoms with Crippen LogP contribution in [0.4, 0.5) is 0 Å². The first-order valence-corrected chi connectivity index (χ1v) is 13.0. The molecule has 1 rings (SSSR count). The highest BCUT2D eigenvalue weighted by molar-refractivity contribution is 8.04. The molecule has 0 bridgehead atoms. The van der Waals surface area contributed by atoms with Gasteiger partial charge >= 0.3 is 0 Å². The van der Waals surface area contributed by atoms with Gasteiger partial charge in [-0.1, -0.05) is 76.9 Å². The molecule has 5 heteroatoms. The molecule has 1 aliphatic rings. The Morgan fingerprint density at radius 3 is 1.81 bits per heavy atom. The number of ether oxygens (including phenoxy) is 2. The van der Waals surface area contributed by atoms with Crippen molar-refractivity contribution in [1.29, 1.82) is 0 Å². The maximum absolute atomic E-state index is 12.4. The van der Waals surface area contributed by atoms with Crippen molar-refractivity contribution in [3.05, 3.63) is 34.7 Å². The number of hydrogen-bond donors (Lipinski definition) is 0. The van der Waals surface area contributed by atoms with E-state index in [1.54, 1.807) is 0 Å². The second-order valence-electron chi connectivity index (χ2n) is 8.05. The van der Waals surface area contributed by atoms with Crippen LogP contribution in [0.15, 0.2) is 34.7 Å². The van der Waals surface area contributed by atoms with Crippen molar-refractivity contribution >= 4 is 23.3 Å². The Kier molecular flexibility index (Phi) is 16.1. The van der Waals surface area contributed by atoms with Gasteiger partial charge in [-0.2, -0.15) is 0 Å². The maximum Gasteiger partial charge on any atom is 0.238 e. The third-order valence-corrected chi connectivity index (χ3v) is 6.55. The molecule has 0 heterocycles. The monoisotopic (exact) mass is 450 g/mol. The molecule has 0 unspecified atom stereocenters. The summed E-state index contributed by atoms with van der Waals surface area (Å²) < 4.78 is 10.1. The number of carbonyl (C=O) groups is 2. The predicted octanol–water partition coefficient (Wildman–Crippen LogP) is 7.30. The molecule has 0 spiro atoms. The van der Waals surface area contributed by atoms with E-state index in [1.165, 1.54) is 109 Å². The first kappa shape index (κ1) is 27.5. The van der Waals surface area contributed by atoms with E-state index in [2.05, 4.69) is 19.1 Å². The number of thioether (sulfide) groups is 1. The highest BCUT2D eigenvalue weighted by atomic mass is 32.2. The molecule has 0 radical (unpaired) electrons. The number of carbonyl (C=O) groups excluding carboxylic acids is 2. The van der Waals surface area contributed by atoms with E-state index in [9.17, 15) is 9.59 Å². The second-order valence-corrected chi connectivity index (χ2v) is 9.19. The number of unbranched alkanes of at least 4 members (excludes halogenated alkanes) is 12. The molecule has 0 aliphatic heterocycles. The Balaban J connectivity index is 1.99. The van der Waals surface area contributed by atoms with Gasteiger partial charge in [-0.25, -0.2) is 0 Å². The molecule has 0 N–H and O–H groups in total.